The minimum Gasteiger partial charge on any atom is -0.392 e. The van der Waals surface area contributed by atoms with Gasteiger partial charge in [-0.15, -0.1) is 0 Å². The highest BCUT2D eigenvalue weighted by molar-refractivity contribution is 7.86. The minimum atomic E-state index is -4.15. The summed E-state index contributed by atoms with van der Waals surface area (Å²) in [5.74, 6) is 0. The highest BCUT2D eigenvalue weighted by Gasteiger charge is 2.29. The van der Waals surface area contributed by atoms with Gasteiger partial charge in [0.1, 0.15) is 5.25 Å². The summed E-state index contributed by atoms with van der Waals surface area (Å²) in [5.41, 5.74) is 0. The highest BCUT2D eigenvalue weighted by Crippen LogP contribution is 2.19. The van der Waals surface area contributed by atoms with Crippen molar-refractivity contribution in [2.75, 3.05) is 0 Å². The average Bonchev–Trinajstić information content (AvgIpc) is 2.41. The van der Waals surface area contributed by atoms with Crippen molar-refractivity contribution in [3.8, 4) is 0 Å². The van der Waals surface area contributed by atoms with E-state index in [1.807, 2.05) is 0 Å². The van der Waals surface area contributed by atoms with Crippen LogP contribution < -0.4 is 0 Å². The summed E-state index contributed by atoms with van der Waals surface area (Å²) >= 11 is 0. The molecule has 0 rings (SSSR count). The molecule has 2 atom stereocenters. The summed E-state index contributed by atoms with van der Waals surface area (Å²) in [5, 5.41) is 9.06. The Labute approximate surface area is 131 Å². The fourth-order valence-corrected chi connectivity index (χ4v) is 3.63. The Morgan fingerprint density at radius 1 is 0.762 bits per heavy atom. The summed E-state index contributed by atoms with van der Waals surface area (Å²) in [7, 11) is -4.15. The zero-order valence-corrected chi connectivity index (χ0v) is 14.6. The van der Waals surface area contributed by atoms with Gasteiger partial charge < -0.3 is 5.11 Å². The summed E-state index contributed by atoms with van der Waals surface area (Å²) in [4.78, 5) is 0. The van der Waals surface area contributed by atoms with Gasteiger partial charge in [-0.3, -0.25) is 4.55 Å². The maximum Gasteiger partial charge on any atom is 0.270 e. The van der Waals surface area contributed by atoms with Crippen molar-refractivity contribution in [3.63, 3.8) is 0 Å². The predicted molar refractivity (Wildman–Crippen MR) is 88.1 cm³/mol. The zero-order valence-electron chi connectivity index (χ0n) is 13.8. The van der Waals surface area contributed by atoms with E-state index >= 15 is 0 Å². The SMILES string of the molecule is CCCCCCCCC(O)C(CCCCCC)S(=O)(=O)O. The van der Waals surface area contributed by atoms with Gasteiger partial charge in [0.15, 0.2) is 0 Å². The van der Waals surface area contributed by atoms with Crippen LogP contribution in [0.25, 0.3) is 0 Å². The van der Waals surface area contributed by atoms with Gasteiger partial charge in [-0.1, -0.05) is 78.1 Å². The van der Waals surface area contributed by atoms with Crippen molar-refractivity contribution < 1.29 is 18.1 Å². The number of unbranched alkanes of at least 4 members (excludes halogenated alkanes) is 8. The molecule has 4 nitrogen and oxygen atoms in total. The van der Waals surface area contributed by atoms with E-state index in [2.05, 4.69) is 13.8 Å². The average molecular weight is 323 g/mol. The molecule has 2 N–H and O–H groups in total. The summed E-state index contributed by atoms with van der Waals surface area (Å²) in [6.07, 6.45) is 10.3. The van der Waals surface area contributed by atoms with Crippen molar-refractivity contribution in [2.45, 2.75) is 102 Å². The second-order valence-corrected chi connectivity index (χ2v) is 7.66. The molecular formula is C16H34O4S. The molecule has 5 heteroatoms. The molecule has 0 bridgehead atoms. The summed E-state index contributed by atoms with van der Waals surface area (Å²) < 4.78 is 32.1. The van der Waals surface area contributed by atoms with Gasteiger partial charge in [0.25, 0.3) is 10.1 Å². The number of aliphatic hydroxyl groups excluding tert-OH is 1. The van der Waals surface area contributed by atoms with Crippen LogP contribution in [0.15, 0.2) is 0 Å². The maximum atomic E-state index is 11.4. The van der Waals surface area contributed by atoms with Crippen LogP contribution in [-0.4, -0.2) is 29.4 Å². The Kier molecular flexibility index (Phi) is 12.3. The molecule has 2 unspecified atom stereocenters. The molecule has 0 heterocycles. The lowest BCUT2D eigenvalue weighted by Crippen LogP contribution is -2.33. The lowest BCUT2D eigenvalue weighted by Gasteiger charge is -2.20. The van der Waals surface area contributed by atoms with Crippen molar-refractivity contribution in [2.24, 2.45) is 0 Å². The molecular weight excluding hydrogens is 288 g/mol. The smallest absolute Gasteiger partial charge is 0.270 e. The van der Waals surface area contributed by atoms with Crippen LogP contribution in [0.5, 0.6) is 0 Å². The van der Waals surface area contributed by atoms with E-state index in [0.717, 1.165) is 44.9 Å². The van der Waals surface area contributed by atoms with E-state index in [4.69, 9.17) is 0 Å². The molecule has 0 radical (unpaired) electrons. The summed E-state index contributed by atoms with van der Waals surface area (Å²) in [6.45, 7) is 4.26. The number of hydrogen-bond donors (Lipinski definition) is 2. The normalized spacial score (nSPS) is 15.0. The van der Waals surface area contributed by atoms with Crippen LogP contribution in [0.2, 0.25) is 0 Å². The van der Waals surface area contributed by atoms with Crippen LogP contribution in [0, 0.1) is 0 Å². The lowest BCUT2D eigenvalue weighted by atomic mass is 10.0. The first-order valence-corrected chi connectivity index (χ1v) is 10.1. The molecule has 0 aliphatic heterocycles. The van der Waals surface area contributed by atoms with E-state index < -0.39 is 21.5 Å². The molecule has 0 spiro atoms. The van der Waals surface area contributed by atoms with Crippen molar-refractivity contribution >= 4 is 10.1 Å². The van der Waals surface area contributed by atoms with E-state index in [1.54, 1.807) is 0 Å². The third kappa shape index (κ3) is 11.1. The first-order valence-electron chi connectivity index (χ1n) is 8.57. The Hall–Kier alpha value is -0.130. The number of hydrogen-bond acceptors (Lipinski definition) is 3. The monoisotopic (exact) mass is 322 g/mol. The maximum absolute atomic E-state index is 11.4. The van der Waals surface area contributed by atoms with E-state index in [-0.39, 0.29) is 0 Å². The van der Waals surface area contributed by atoms with Crippen LogP contribution in [0.3, 0.4) is 0 Å². The molecule has 0 fully saturated rings. The first-order chi connectivity index (χ1) is 9.93. The second-order valence-electron chi connectivity index (χ2n) is 6.03. The van der Waals surface area contributed by atoms with Gasteiger partial charge in [-0.25, -0.2) is 0 Å². The van der Waals surface area contributed by atoms with Crippen LogP contribution >= 0.6 is 0 Å². The van der Waals surface area contributed by atoms with Gasteiger partial charge in [-0.05, 0) is 12.8 Å². The number of aliphatic hydroxyl groups is 1. The fraction of sp³-hybridized carbons (Fsp3) is 1.00. The van der Waals surface area contributed by atoms with Gasteiger partial charge >= 0.3 is 0 Å². The molecule has 0 aromatic carbocycles. The predicted octanol–water partition coefficient (Wildman–Crippen LogP) is 4.32. The highest BCUT2D eigenvalue weighted by atomic mass is 32.2. The van der Waals surface area contributed by atoms with Crippen molar-refractivity contribution in [3.05, 3.63) is 0 Å². The number of rotatable bonds is 14. The molecule has 0 aromatic rings. The minimum absolute atomic E-state index is 0.357. The molecule has 21 heavy (non-hydrogen) atoms. The van der Waals surface area contributed by atoms with Gasteiger partial charge in [0, 0.05) is 0 Å². The molecule has 128 valence electrons. The molecule has 0 aliphatic rings. The Morgan fingerprint density at radius 3 is 1.71 bits per heavy atom. The van der Waals surface area contributed by atoms with Gasteiger partial charge in [0.05, 0.1) is 6.10 Å². The largest absolute Gasteiger partial charge is 0.392 e. The van der Waals surface area contributed by atoms with Crippen LogP contribution in [0.4, 0.5) is 0 Å². The second kappa shape index (κ2) is 12.4. The zero-order chi connectivity index (χ0) is 16.1. The third-order valence-electron chi connectivity index (χ3n) is 4.01. The van der Waals surface area contributed by atoms with Crippen LogP contribution in [0.1, 0.15) is 90.9 Å². The molecule has 0 saturated heterocycles. The van der Waals surface area contributed by atoms with E-state index in [0.29, 0.717) is 12.8 Å². The molecule has 0 aromatic heterocycles. The topological polar surface area (TPSA) is 74.6 Å². The Bertz CT molecular complexity index is 327. The Balaban J connectivity index is 4.06. The fourth-order valence-electron chi connectivity index (χ4n) is 2.63. The molecule has 0 amide bonds. The Morgan fingerprint density at radius 2 is 1.19 bits per heavy atom. The van der Waals surface area contributed by atoms with E-state index in [1.165, 1.54) is 19.3 Å². The first kappa shape index (κ1) is 20.9. The van der Waals surface area contributed by atoms with Crippen molar-refractivity contribution in [1.29, 1.82) is 0 Å². The lowest BCUT2D eigenvalue weighted by molar-refractivity contribution is 0.146. The quantitative estimate of drug-likeness (QED) is 0.369. The van der Waals surface area contributed by atoms with Crippen molar-refractivity contribution in [1.82, 2.24) is 0 Å². The molecule has 0 saturated carbocycles. The standard InChI is InChI=1S/C16H34O4S/c1-3-5-7-9-10-11-13-15(17)16(21(18,19)20)14-12-8-6-4-2/h15-17H,3-14H2,1-2H3,(H,18,19,20). The van der Waals surface area contributed by atoms with Gasteiger partial charge in [-0.2, -0.15) is 8.42 Å². The molecule has 0 aliphatic carbocycles. The van der Waals surface area contributed by atoms with Gasteiger partial charge in [0.2, 0.25) is 0 Å². The summed E-state index contributed by atoms with van der Waals surface area (Å²) in [6, 6.07) is 0. The van der Waals surface area contributed by atoms with E-state index in [9.17, 15) is 18.1 Å². The third-order valence-corrected chi connectivity index (χ3v) is 5.32. The van der Waals surface area contributed by atoms with Crippen LogP contribution in [-0.2, 0) is 10.1 Å².